The van der Waals surface area contributed by atoms with Crippen LogP contribution in [-0.2, 0) is 14.4 Å². The number of hydrogen-bond acceptors (Lipinski definition) is 3. The SMILES string of the molecule is CC[NH+](CC)CCNC(=O)C(=O)Nc1ccc(NC(C)=O)cc1. The van der Waals surface area contributed by atoms with Crippen LogP contribution in [0.25, 0.3) is 0 Å². The third-order valence-electron chi connectivity index (χ3n) is 3.43. The predicted molar refractivity (Wildman–Crippen MR) is 89.3 cm³/mol. The zero-order chi connectivity index (χ0) is 17.2. The van der Waals surface area contributed by atoms with E-state index in [1.54, 1.807) is 24.3 Å². The van der Waals surface area contributed by atoms with Gasteiger partial charge in [0.25, 0.3) is 0 Å². The number of carbonyl (C=O) groups excluding carboxylic acids is 3. The molecule has 0 atom stereocenters. The molecule has 4 N–H and O–H groups in total. The Morgan fingerprint density at radius 1 is 0.913 bits per heavy atom. The predicted octanol–water partition coefficient (Wildman–Crippen LogP) is -0.376. The summed E-state index contributed by atoms with van der Waals surface area (Å²) in [5.74, 6) is -1.52. The number of quaternary nitrogens is 1. The van der Waals surface area contributed by atoms with Crippen LogP contribution in [0.4, 0.5) is 11.4 Å². The van der Waals surface area contributed by atoms with Gasteiger partial charge in [-0.1, -0.05) is 0 Å². The number of carbonyl (C=O) groups is 3. The molecule has 0 saturated carbocycles. The van der Waals surface area contributed by atoms with E-state index in [9.17, 15) is 14.4 Å². The number of benzene rings is 1. The van der Waals surface area contributed by atoms with Gasteiger partial charge in [0, 0.05) is 18.3 Å². The van der Waals surface area contributed by atoms with Crippen LogP contribution in [0, 0.1) is 0 Å². The molecule has 23 heavy (non-hydrogen) atoms. The van der Waals surface area contributed by atoms with Crippen molar-refractivity contribution in [2.24, 2.45) is 0 Å². The van der Waals surface area contributed by atoms with Crippen molar-refractivity contribution in [1.82, 2.24) is 5.32 Å². The average molecular weight is 321 g/mol. The minimum absolute atomic E-state index is 0.170. The highest BCUT2D eigenvalue weighted by molar-refractivity contribution is 6.39. The molecule has 0 aliphatic heterocycles. The van der Waals surface area contributed by atoms with E-state index in [0.717, 1.165) is 19.6 Å². The van der Waals surface area contributed by atoms with E-state index in [2.05, 4.69) is 29.8 Å². The molecule has 0 bridgehead atoms. The molecule has 0 radical (unpaired) electrons. The highest BCUT2D eigenvalue weighted by Gasteiger charge is 2.14. The summed E-state index contributed by atoms with van der Waals surface area (Å²) in [6.45, 7) is 8.80. The van der Waals surface area contributed by atoms with Gasteiger partial charge in [0.15, 0.2) is 0 Å². The third kappa shape index (κ3) is 6.92. The van der Waals surface area contributed by atoms with Gasteiger partial charge in [0.1, 0.15) is 0 Å². The van der Waals surface area contributed by atoms with E-state index in [-0.39, 0.29) is 5.91 Å². The maximum absolute atomic E-state index is 11.8. The second-order valence-electron chi connectivity index (χ2n) is 5.18. The molecule has 126 valence electrons. The Morgan fingerprint density at radius 3 is 1.91 bits per heavy atom. The summed E-state index contributed by atoms with van der Waals surface area (Å²) in [6.07, 6.45) is 0. The molecule has 3 amide bonds. The first kappa shape index (κ1) is 18.6. The Labute approximate surface area is 136 Å². The van der Waals surface area contributed by atoms with Crippen LogP contribution in [0.2, 0.25) is 0 Å². The summed E-state index contributed by atoms with van der Waals surface area (Å²) in [4.78, 5) is 35.8. The Balaban J connectivity index is 2.42. The number of likely N-dealkylation sites (N-methyl/N-ethyl adjacent to an activating group) is 1. The third-order valence-corrected chi connectivity index (χ3v) is 3.43. The average Bonchev–Trinajstić information content (AvgIpc) is 2.52. The number of anilines is 2. The Hall–Kier alpha value is -2.41. The maximum atomic E-state index is 11.8. The Bertz CT molecular complexity index is 539. The number of nitrogens with one attached hydrogen (secondary N) is 4. The van der Waals surface area contributed by atoms with Crippen LogP contribution in [0.5, 0.6) is 0 Å². The van der Waals surface area contributed by atoms with E-state index in [1.807, 2.05) is 0 Å². The normalized spacial score (nSPS) is 10.3. The number of amides is 3. The summed E-state index contributed by atoms with van der Waals surface area (Å²) in [6, 6.07) is 6.55. The number of rotatable bonds is 7. The smallest absolute Gasteiger partial charge is 0.313 e. The fourth-order valence-electron chi connectivity index (χ4n) is 2.06. The molecule has 0 aliphatic rings. The molecule has 1 rings (SSSR count). The molecule has 0 saturated heterocycles. The monoisotopic (exact) mass is 321 g/mol. The van der Waals surface area contributed by atoms with E-state index < -0.39 is 11.8 Å². The van der Waals surface area contributed by atoms with Gasteiger partial charge in [-0.2, -0.15) is 0 Å². The molecule has 1 aromatic carbocycles. The standard InChI is InChI=1S/C16H24N4O3/c1-4-20(5-2)11-10-17-15(22)16(23)19-14-8-6-13(7-9-14)18-12(3)21/h6-9H,4-5,10-11H2,1-3H3,(H,17,22)(H,18,21)(H,19,23)/p+1. The van der Waals surface area contributed by atoms with E-state index in [4.69, 9.17) is 0 Å². The van der Waals surface area contributed by atoms with Gasteiger partial charge in [-0.15, -0.1) is 0 Å². The first-order valence-electron chi connectivity index (χ1n) is 7.76. The Kier molecular flexibility index (Phi) is 7.76. The van der Waals surface area contributed by atoms with Gasteiger partial charge in [-0.05, 0) is 38.1 Å². The van der Waals surface area contributed by atoms with Crippen LogP contribution < -0.4 is 20.9 Å². The molecule has 0 spiro atoms. The zero-order valence-corrected chi connectivity index (χ0v) is 13.9. The first-order chi connectivity index (χ1) is 11.0. The quantitative estimate of drug-likeness (QED) is 0.516. The van der Waals surface area contributed by atoms with Gasteiger partial charge in [-0.25, -0.2) is 0 Å². The molecule has 7 nitrogen and oxygen atoms in total. The summed E-state index contributed by atoms with van der Waals surface area (Å²) < 4.78 is 0. The van der Waals surface area contributed by atoms with E-state index >= 15 is 0 Å². The number of hydrogen-bond donors (Lipinski definition) is 4. The molecule has 0 fully saturated rings. The summed E-state index contributed by atoms with van der Waals surface area (Å²) >= 11 is 0. The molecular weight excluding hydrogens is 296 g/mol. The van der Waals surface area contributed by atoms with Gasteiger partial charge in [-0.3, -0.25) is 14.4 Å². The second-order valence-corrected chi connectivity index (χ2v) is 5.18. The van der Waals surface area contributed by atoms with Crippen LogP contribution in [0.15, 0.2) is 24.3 Å². The van der Waals surface area contributed by atoms with Gasteiger partial charge < -0.3 is 20.9 Å². The zero-order valence-electron chi connectivity index (χ0n) is 13.9. The fraction of sp³-hybridized carbons (Fsp3) is 0.438. The highest BCUT2D eigenvalue weighted by atomic mass is 16.2. The van der Waals surface area contributed by atoms with Crippen LogP contribution in [-0.4, -0.2) is 43.9 Å². The van der Waals surface area contributed by atoms with Crippen molar-refractivity contribution < 1.29 is 19.3 Å². The lowest BCUT2D eigenvalue weighted by Gasteiger charge is -2.15. The van der Waals surface area contributed by atoms with E-state index in [1.165, 1.54) is 11.8 Å². The molecule has 0 heterocycles. The largest absolute Gasteiger partial charge is 0.342 e. The maximum Gasteiger partial charge on any atom is 0.313 e. The Morgan fingerprint density at radius 2 is 1.43 bits per heavy atom. The van der Waals surface area contributed by atoms with Crippen molar-refractivity contribution in [2.45, 2.75) is 20.8 Å². The van der Waals surface area contributed by atoms with Crippen molar-refractivity contribution in [3.8, 4) is 0 Å². The van der Waals surface area contributed by atoms with Crippen molar-refractivity contribution >= 4 is 29.1 Å². The highest BCUT2D eigenvalue weighted by Crippen LogP contribution is 2.13. The summed E-state index contributed by atoms with van der Waals surface area (Å²) in [5.41, 5.74) is 1.12. The van der Waals surface area contributed by atoms with Crippen LogP contribution in [0.3, 0.4) is 0 Å². The molecule has 1 aromatic rings. The van der Waals surface area contributed by atoms with Gasteiger partial charge in [0.05, 0.1) is 26.2 Å². The van der Waals surface area contributed by atoms with Crippen LogP contribution in [0.1, 0.15) is 20.8 Å². The molecule has 0 aromatic heterocycles. The fourth-order valence-corrected chi connectivity index (χ4v) is 2.06. The summed E-state index contributed by atoms with van der Waals surface area (Å²) in [7, 11) is 0. The van der Waals surface area contributed by atoms with E-state index in [0.29, 0.717) is 17.9 Å². The molecule has 0 unspecified atom stereocenters. The second kappa shape index (κ2) is 9.58. The molecular formula is C16H25N4O3+. The lowest BCUT2D eigenvalue weighted by Crippen LogP contribution is -3.12. The van der Waals surface area contributed by atoms with Crippen molar-refractivity contribution in [3.63, 3.8) is 0 Å². The van der Waals surface area contributed by atoms with Crippen molar-refractivity contribution in [2.75, 3.05) is 36.8 Å². The van der Waals surface area contributed by atoms with Gasteiger partial charge in [0.2, 0.25) is 5.91 Å². The lowest BCUT2D eigenvalue weighted by atomic mass is 10.2. The van der Waals surface area contributed by atoms with Crippen molar-refractivity contribution in [3.05, 3.63) is 24.3 Å². The summed E-state index contributed by atoms with van der Waals surface area (Å²) in [5, 5.41) is 7.75. The van der Waals surface area contributed by atoms with Crippen molar-refractivity contribution in [1.29, 1.82) is 0 Å². The topological polar surface area (TPSA) is 91.7 Å². The van der Waals surface area contributed by atoms with Gasteiger partial charge >= 0.3 is 11.8 Å². The molecule has 7 heteroatoms. The minimum Gasteiger partial charge on any atom is -0.342 e. The van der Waals surface area contributed by atoms with Crippen LogP contribution >= 0.6 is 0 Å². The first-order valence-corrected chi connectivity index (χ1v) is 7.76. The lowest BCUT2D eigenvalue weighted by molar-refractivity contribution is -0.895. The minimum atomic E-state index is -0.702. The molecule has 0 aliphatic carbocycles.